The number of hydrogen-bond donors (Lipinski definition) is 0. The first-order chi connectivity index (χ1) is 13.3. The molecule has 28 heavy (non-hydrogen) atoms. The first kappa shape index (κ1) is 20.5. The second kappa shape index (κ2) is 8.05. The number of rotatable bonds is 5. The molecule has 1 aliphatic rings. The summed E-state index contributed by atoms with van der Waals surface area (Å²) in [5, 5.41) is 3.82. The molecule has 0 saturated carbocycles. The Morgan fingerprint density at radius 3 is 2.25 bits per heavy atom. The van der Waals surface area contributed by atoms with Gasteiger partial charge in [-0.05, 0) is 43.9 Å². The lowest BCUT2D eigenvalue weighted by Gasteiger charge is -2.34. The Balaban J connectivity index is 1.69. The number of aromatic nitrogens is 1. The average Bonchev–Trinajstić information content (AvgIpc) is 3.05. The molecule has 152 valence electrons. The lowest BCUT2D eigenvalue weighted by atomic mass is 9.99. The molecule has 1 amide bonds. The molecule has 0 bridgehead atoms. The van der Waals surface area contributed by atoms with Gasteiger partial charge in [0, 0.05) is 26.2 Å². The van der Waals surface area contributed by atoms with Gasteiger partial charge in [0.15, 0.2) is 0 Å². The van der Waals surface area contributed by atoms with Crippen LogP contribution in [0.5, 0.6) is 0 Å². The molecule has 0 spiro atoms. The normalized spacial score (nSPS) is 16.9. The number of carbonyl (C=O) groups excluding carboxylic acids is 1. The molecule has 0 aliphatic carbocycles. The molecule has 0 radical (unpaired) electrons. The van der Waals surface area contributed by atoms with Gasteiger partial charge < -0.3 is 9.42 Å². The molecule has 1 aromatic heterocycles. The predicted octanol–water partition coefficient (Wildman–Crippen LogP) is 2.95. The van der Waals surface area contributed by atoms with Crippen molar-refractivity contribution in [2.45, 2.75) is 44.9 Å². The molecule has 1 atom stereocenters. The molecule has 0 unspecified atom stereocenters. The van der Waals surface area contributed by atoms with Crippen LogP contribution in [0.3, 0.4) is 0 Å². The van der Waals surface area contributed by atoms with E-state index in [-0.39, 0.29) is 19.0 Å². The van der Waals surface area contributed by atoms with Crippen molar-refractivity contribution in [3.8, 4) is 0 Å². The van der Waals surface area contributed by atoms with Gasteiger partial charge in [0.2, 0.25) is 10.0 Å². The highest BCUT2D eigenvalue weighted by molar-refractivity contribution is 7.89. The fourth-order valence-electron chi connectivity index (χ4n) is 3.43. The van der Waals surface area contributed by atoms with E-state index in [9.17, 15) is 13.2 Å². The molecular weight excluding hydrogens is 378 g/mol. The van der Waals surface area contributed by atoms with Crippen molar-refractivity contribution in [1.29, 1.82) is 0 Å². The maximum absolute atomic E-state index is 12.9. The van der Waals surface area contributed by atoms with Crippen LogP contribution in [0, 0.1) is 13.8 Å². The zero-order valence-corrected chi connectivity index (χ0v) is 17.6. The third kappa shape index (κ3) is 3.84. The maximum Gasteiger partial charge on any atom is 0.259 e. The van der Waals surface area contributed by atoms with Gasteiger partial charge in [-0.1, -0.05) is 31.1 Å². The topological polar surface area (TPSA) is 83.7 Å². The van der Waals surface area contributed by atoms with Crippen molar-refractivity contribution in [3.05, 3.63) is 46.8 Å². The van der Waals surface area contributed by atoms with Gasteiger partial charge in [-0.25, -0.2) is 8.42 Å². The molecule has 1 aromatic carbocycles. The van der Waals surface area contributed by atoms with Gasteiger partial charge >= 0.3 is 0 Å². The van der Waals surface area contributed by atoms with Gasteiger partial charge in [0.25, 0.3) is 5.91 Å². The smallest absolute Gasteiger partial charge is 0.259 e. The minimum absolute atomic E-state index is 0.161. The SMILES string of the molecule is CC[C@H](C)c1ccc(S(=O)(=O)N2CCN(C(=O)c3c(C)noc3C)CC2)cc1. The highest BCUT2D eigenvalue weighted by Crippen LogP contribution is 2.24. The summed E-state index contributed by atoms with van der Waals surface area (Å²) in [6.07, 6.45) is 1.01. The van der Waals surface area contributed by atoms with E-state index >= 15 is 0 Å². The van der Waals surface area contributed by atoms with E-state index in [2.05, 4.69) is 19.0 Å². The number of hydrogen-bond acceptors (Lipinski definition) is 5. The van der Waals surface area contributed by atoms with E-state index in [4.69, 9.17) is 4.52 Å². The third-order valence-corrected chi connectivity index (χ3v) is 7.39. The molecule has 2 aromatic rings. The fraction of sp³-hybridized carbons (Fsp3) is 0.500. The van der Waals surface area contributed by atoms with Gasteiger partial charge in [-0.3, -0.25) is 4.79 Å². The monoisotopic (exact) mass is 405 g/mol. The van der Waals surface area contributed by atoms with E-state index < -0.39 is 10.0 Å². The predicted molar refractivity (Wildman–Crippen MR) is 106 cm³/mol. The highest BCUT2D eigenvalue weighted by atomic mass is 32.2. The summed E-state index contributed by atoms with van der Waals surface area (Å²) in [7, 11) is -3.57. The molecule has 1 aliphatic heterocycles. The van der Waals surface area contributed by atoms with E-state index in [0.29, 0.717) is 40.9 Å². The van der Waals surface area contributed by atoms with Gasteiger partial charge in [-0.2, -0.15) is 4.31 Å². The zero-order chi connectivity index (χ0) is 20.5. The molecule has 7 nitrogen and oxygen atoms in total. The fourth-order valence-corrected chi connectivity index (χ4v) is 4.85. The Bertz CT molecular complexity index is 923. The Labute approximate surface area is 166 Å². The van der Waals surface area contributed by atoms with Gasteiger partial charge in [-0.15, -0.1) is 0 Å². The zero-order valence-electron chi connectivity index (χ0n) is 16.8. The molecule has 8 heteroatoms. The molecule has 1 saturated heterocycles. The summed E-state index contributed by atoms with van der Waals surface area (Å²) in [5.74, 6) is 0.723. The van der Waals surface area contributed by atoms with Crippen molar-refractivity contribution in [1.82, 2.24) is 14.4 Å². The summed E-state index contributed by atoms with van der Waals surface area (Å²) in [6, 6.07) is 7.13. The van der Waals surface area contributed by atoms with Crippen LogP contribution in [0.4, 0.5) is 0 Å². The Morgan fingerprint density at radius 2 is 1.75 bits per heavy atom. The number of benzene rings is 1. The summed E-state index contributed by atoms with van der Waals surface area (Å²) in [6.45, 7) is 8.89. The number of sulfonamides is 1. The van der Waals surface area contributed by atoms with E-state index in [1.165, 1.54) is 4.31 Å². The quantitative estimate of drug-likeness (QED) is 0.764. The van der Waals surface area contributed by atoms with Crippen LogP contribution in [0.1, 0.15) is 53.6 Å². The molecule has 3 rings (SSSR count). The summed E-state index contributed by atoms with van der Waals surface area (Å²) >= 11 is 0. The number of nitrogens with zero attached hydrogens (tertiary/aromatic N) is 3. The van der Waals surface area contributed by atoms with E-state index in [0.717, 1.165) is 12.0 Å². The van der Waals surface area contributed by atoms with Crippen LogP contribution >= 0.6 is 0 Å². The lowest BCUT2D eigenvalue weighted by Crippen LogP contribution is -2.50. The minimum atomic E-state index is -3.57. The molecule has 2 heterocycles. The van der Waals surface area contributed by atoms with E-state index in [1.54, 1.807) is 30.9 Å². The standard InChI is InChI=1S/C20H27N3O4S/c1-5-14(2)17-6-8-18(9-7-17)28(25,26)23-12-10-22(11-13-23)20(24)19-15(3)21-27-16(19)4/h6-9,14H,5,10-13H2,1-4H3/t14-/m0/s1. The molecule has 1 fully saturated rings. The largest absolute Gasteiger partial charge is 0.361 e. The van der Waals surface area contributed by atoms with Gasteiger partial charge in [0.1, 0.15) is 11.3 Å². The van der Waals surface area contributed by atoms with Crippen LogP contribution in [0.2, 0.25) is 0 Å². The summed E-state index contributed by atoms with van der Waals surface area (Å²) < 4.78 is 32.4. The second-order valence-corrected chi connectivity index (χ2v) is 9.21. The first-order valence-electron chi connectivity index (χ1n) is 9.58. The van der Waals surface area contributed by atoms with Crippen LogP contribution in [-0.2, 0) is 10.0 Å². The van der Waals surface area contributed by atoms with Crippen molar-refractivity contribution in [2.24, 2.45) is 0 Å². The molecular formula is C20H27N3O4S. The number of piperazine rings is 1. The Kier molecular flexibility index (Phi) is 5.90. The summed E-state index contributed by atoms with van der Waals surface area (Å²) in [4.78, 5) is 14.7. The lowest BCUT2D eigenvalue weighted by molar-refractivity contribution is 0.0695. The van der Waals surface area contributed by atoms with Crippen LogP contribution in [-0.4, -0.2) is 54.9 Å². The first-order valence-corrected chi connectivity index (χ1v) is 11.0. The van der Waals surface area contributed by atoms with Crippen LogP contribution in [0.25, 0.3) is 0 Å². The van der Waals surface area contributed by atoms with Crippen molar-refractivity contribution in [3.63, 3.8) is 0 Å². The third-order valence-electron chi connectivity index (χ3n) is 5.47. The molecule has 0 N–H and O–H groups in total. The van der Waals surface area contributed by atoms with Crippen molar-refractivity contribution >= 4 is 15.9 Å². The number of aryl methyl sites for hydroxylation is 2. The van der Waals surface area contributed by atoms with Crippen molar-refractivity contribution < 1.29 is 17.7 Å². The van der Waals surface area contributed by atoms with E-state index in [1.807, 2.05) is 12.1 Å². The number of carbonyl (C=O) groups is 1. The summed E-state index contributed by atoms with van der Waals surface area (Å²) in [5.41, 5.74) is 2.16. The van der Waals surface area contributed by atoms with Gasteiger partial charge in [0.05, 0.1) is 10.6 Å². The Hall–Kier alpha value is -2.19. The van der Waals surface area contributed by atoms with Crippen LogP contribution < -0.4 is 0 Å². The minimum Gasteiger partial charge on any atom is -0.361 e. The maximum atomic E-state index is 12.9. The Morgan fingerprint density at radius 1 is 1.14 bits per heavy atom. The average molecular weight is 406 g/mol. The number of amides is 1. The second-order valence-electron chi connectivity index (χ2n) is 7.27. The van der Waals surface area contributed by atoms with Crippen LogP contribution in [0.15, 0.2) is 33.7 Å². The highest BCUT2D eigenvalue weighted by Gasteiger charge is 2.32. The van der Waals surface area contributed by atoms with Crippen molar-refractivity contribution in [2.75, 3.05) is 26.2 Å².